The summed E-state index contributed by atoms with van der Waals surface area (Å²) in [5.41, 5.74) is 4.31. The van der Waals surface area contributed by atoms with Gasteiger partial charge in [-0.2, -0.15) is 0 Å². The molecule has 5 nitrogen and oxygen atoms in total. The van der Waals surface area contributed by atoms with Gasteiger partial charge < -0.3 is 10.2 Å². The Morgan fingerprint density at radius 3 is 2.32 bits per heavy atom. The molecule has 28 heavy (non-hydrogen) atoms. The van der Waals surface area contributed by atoms with Crippen molar-refractivity contribution in [2.24, 2.45) is 4.99 Å². The van der Waals surface area contributed by atoms with Crippen molar-refractivity contribution < 1.29 is 15.0 Å². The van der Waals surface area contributed by atoms with Crippen LogP contribution in [-0.2, 0) is 6.54 Å². The van der Waals surface area contributed by atoms with Crippen molar-refractivity contribution in [2.75, 3.05) is 0 Å². The summed E-state index contributed by atoms with van der Waals surface area (Å²) in [7, 11) is 2.77. The standard InChI is InChI=1S/C21H26N2O3S2/c1-14-10-16(13-23(20(25)26)28-27-21(3,4)5)11-15(2)19(14)22-12-17-8-6-7-9-18(17)24/h6-12,24H,13H2,1-5H3,(H,25,26). The largest absolute Gasteiger partial charge is 0.507 e. The van der Waals surface area contributed by atoms with E-state index < -0.39 is 6.09 Å². The summed E-state index contributed by atoms with van der Waals surface area (Å²) in [5, 5.41) is 19.4. The van der Waals surface area contributed by atoms with Gasteiger partial charge in [-0.1, -0.05) is 55.8 Å². The lowest BCUT2D eigenvalue weighted by Crippen LogP contribution is -2.22. The molecule has 0 unspecified atom stereocenters. The number of para-hydroxylation sites is 1. The van der Waals surface area contributed by atoms with Gasteiger partial charge in [-0.15, -0.1) is 0 Å². The average Bonchev–Trinajstić information content (AvgIpc) is 2.58. The number of nitrogens with zero attached hydrogens (tertiary/aromatic N) is 2. The number of aryl methyl sites for hydroxylation is 2. The molecule has 2 aromatic rings. The van der Waals surface area contributed by atoms with Gasteiger partial charge in [0.05, 0.1) is 12.2 Å². The second kappa shape index (κ2) is 9.39. The smallest absolute Gasteiger partial charge is 0.418 e. The maximum Gasteiger partial charge on any atom is 0.418 e. The molecule has 0 aliphatic heterocycles. The number of rotatable bonds is 6. The Morgan fingerprint density at radius 2 is 1.79 bits per heavy atom. The first kappa shape index (κ1) is 22.2. The minimum absolute atomic E-state index is 0.0359. The quantitative estimate of drug-likeness (QED) is 0.325. The van der Waals surface area contributed by atoms with Gasteiger partial charge in [-0.25, -0.2) is 9.10 Å². The van der Waals surface area contributed by atoms with Gasteiger partial charge in [-0.3, -0.25) is 4.99 Å². The number of carboxylic acid groups (broad SMARTS) is 1. The van der Waals surface area contributed by atoms with E-state index >= 15 is 0 Å². The predicted octanol–water partition coefficient (Wildman–Crippen LogP) is 6.33. The van der Waals surface area contributed by atoms with E-state index in [1.807, 2.05) is 32.0 Å². The Bertz CT molecular complexity index is 853. The Hall–Kier alpha value is -2.12. The molecule has 0 saturated heterocycles. The first-order valence-corrected chi connectivity index (χ1v) is 11.0. The Labute approximate surface area is 174 Å². The number of hydrogen-bond acceptors (Lipinski definition) is 5. The molecule has 0 aliphatic carbocycles. The van der Waals surface area contributed by atoms with Crippen molar-refractivity contribution in [1.29, 1.82) is 0 Å². The third-order valence-corrected chi connectivity index (χ3v) is 7.04. The van der Waals surface area contributed by atoms with E-state index in [0.29, 0.717) is 12.1 Å². The van der Waals surface area contributed by atoms with Crippen LogP contribution in [-0.4, -0.2) is 31.6 Å². The van der Waals surface area contributed by atoms with Crippen LogP contribution in [0.25, 0.3) is 0 Å². The molecule has 1 amide bonds. The van der Waals surface area contributed by atoms with Crippen LogP contribution < -0.4 is 0 Å². The second-order valence-corrected chi connectivity index (χ2v) is 10.4. The fraction of sp³-hybridized carbons (Fsp3) is 0.333. The highest BCUT2D eigenvalue weighted by atomic mass is 33.1. The molecule has 150 valence electrons. The zero-order valence-corrected chi connectivity index (χ0v) is 18.4. The van der Waals surface area contributed by atoms with Gasteiger partial charge >= 0.3 is 6.09 Å². The maximum atomic E-state index is 11.6. The van der Waals surface area contributed by atoms with Crippen LogP contribution in [0, 0.1) is 13.8 Å². The third kappa shape index (κ3) is 6.49. The molecular weight excluding hydrogens is 392 g/mol. The summed E-state index contributed by atoms with van der Waals surface area (Å²) >= 11 is 0. The number of hydrogen-bond donors (Lipinski definition) is 2. The fourth-order valence-electron chi connectivity index (χ4n) is 2.52. The Kier molecular flexibility index (Phi) is 7.43. The fourth-order valence-corrected chi connectivity index (χ4v) is 4.39. The van der Waals surface area contributed by atoms with Crippen molar-refractivity contribution >= 4 is 39.8 Å². The highest BCUT2D eigenvalue weighted by molar-refractivity contribution is 8.76. The molecule has 0 aliphatic rings. The van der Waals surface area contributed by atoms with E-state index in [9.17, 15) is 15.0 Å². The molecule has 2 rings (SSSR count). The SMILES string of the molecule is Cc1cc(CN(SSC(C)(C)C)C(=O)O)cc(C)c1N=Cc1ccccc1O. The van der Waals surface area contributed by atoms with Crippen LogP contribution in [0.5, 0.6) is 5.75 Å². The molecule has 0 aromatic heterocycles. The summed E-state index contributed by atoms with van der Waals surface area (Å²) in [6.07, 6.45) is 0.683. The highest BCUT2D eigenvalue weighted by Crippen LogP contribution is 2.38. The average molecular weight is 419 g/mol. The van der Waals surface area contributed by atoms with E-state index in [1.54, 1.807) is 24.4 Å². The van der Waals surface area contributed by atoms with Crippen molar-refractivity contribution in [3.8, 4) is 5.75 Å². The topological polar surface area (TPSA) is 73.1 Å². The Balaban J connectivity index is 2.20. The van der Waals surface area contributed by atoms with Crippen LogP contribution in [0.4, 0.5) is 10.5 Å². The van der Waals surface area contributed by atoms with Crippen LogP contribution in [0.1, 0.15) is 43.0 Å². The van der Waals surface area contributed by atoms with Crippen LogP contribution >= 0.6 is 21.8 Å². The van der Waals surface area contributed by atoms with E-state index in [2.05, 4.69) is 25.8 Å². The summed E-state index contributed by atoms with van der Waals surface area (Å²) in [5.74, 6) is 0.184. The Morgan fingerprint density at radius 1 is 1.18 bits per heavy atom. The van der Waals surface area contributed by atoms with Crippen LogP contribution in [0.3, 0.4) is 0 Å². The lowest BCUT2D eigenvalue weighted by molar-refractivity contribution is 0.174. The van der Waals surface area contributed by atoms with Gasteiger partial charge in [0, 0.05) is 27.5 Å². The van der Waals surface area contributed by atoms with Gasteiger partial charge in [0.1, 0.15) is 5.75 Å². The number of benzene rings is 2. The molecule has 0 fully saturated rings. The number of amides is 1. The minimum atomic E-state index is -0.960. The molecule has 2 aromatic carbocycles. The first-order chi connectivity index (χ1) is 13.1. The van der Waals surface area contributed by atoms with Crippen molar-refractivity contribution in [1.82, 2.24) is 4.31 Å². The van der Waals surface area contributed by atoms with E-state index in [4.69, 9.17) is 0 Å². The number of phenols is 1. The number of phenolic OH excluding ortho intramolecular Hbond substituents is 1. The molecule has 0 saturated carbocycles. The van der Waals surface area contributed by atoms with Gasteiger partial charge in [0.2, 0.25) is 0 Å². The van der Waals surface area contributed by atoms with Gasteiger partial charge in [0.25, 0.3) is 0 Å². The zero-order chi connectivity index (χ0) is 20.9. The summed E-state index contributed by atoms with van der Waals surface area (Å²) in [6.45, 7) is 10.4. The number of carbonyl (C=O) groups is 1. The molecule has 0 radical (unpaired) electrons. The summed E-state index contributed by atoms with van der Waals surface area (Å²) in [6, 6.07) is 11.0. The monoisotopic (exact) mass is 418 g/mol. The van der Waals surface area contributed by atoms with Crippen molar-refractivity contribution in [2.45, 2.75) is 45.9 Å². The molecule has 0 bridgehead atoms. The molecule has 0 spiro atoms. The molecular formula is C21H26N2O3S2. The number of aliphatic imine (C=N–C) groups is 1. The van der Waals surface area contributed by atoms with Gasteiger partial charge in [0.15, 0.2) is 0 Å². The third-order valence-electron chi connectivity index (χ3n) is 3.74. The van der Waals surface area contributed by atoms with Crippen LogP contribution in [0.15, 0.2) is 41.4 Å². The predicted molar refractivity (Wildman–Crippen MR) is 120 cm³/mol. The number of aromatic hydroxyl groups is 1. The zero-order valence-electron chi connectivity index (χ0n) is 16.8. The van der Waals surface area contributed by atoms with Gasteiger partial charge in [-0.05, 0) is 42.7 Å². The molecule has 0 heterocycles. The highest BCUT2D eigenvalue weighted by Gasteiger charge is 2.20. The van der Waals surface area contributed by atoms with Crippen molar-refractivity contribution in [3.05, 3.63) is 58.7 Å². The normalized spacial score (nSPS) is 11.8. The second-order valence-electron chi connectivity index (χ2n) is 7.48. The van der Waals surface area contributed by atoms with E-state index in [1.165, 1.54) is 26.1 Å². The summed E-state index contributed by atoms with van der Waals surface area (Å²) < 4.78 is 1.31. The molecule has 7 heteroatoms. The first-order valence-electron chi connectivity index (χ1n) is 8.85. The molecule has 0 atom stereocenters. The maximum absolute atomic E-state index is 11.6. The van der Waals surface area contributed by atoms with E-state index in [0.717, 1.165) is 22.4 Å². The lowest BCUT2D eigenvalue weighted by atomic mass is 10.0. The lowest BCUT2D eigenvalue weighted by Gasteiger charge is -2.23. The van der Waals surface area contributed by atoms with Crippen LogP contribution in [0.2, 0.25) is 0 Å². The minimum Gasteiger partial charge on any atom is -0.507 e. The van der Waals surface area contributed by atoms with Crippen molar-refractivity contribution in [3.63, 3.8) is 0 Å². The summed E-state index contributed by atoms with van der Waals surface area (Å²) in [4.78, 5) is 16.1. The van der Waals surface area contributed by atoms with E-state index in [-0.39, 0.29) is 10.5 Å². The molecule has 2 N–H and O–H groups in total.